The molecular formula is C15H26. The van der Waals surface area contributed by atoms with Gasteiger partial charge in [0.2, 0.25) is 0 Å². The predicted octanol–water partition coefficient (Wildman–Crippen LogP) is 5.10. The third kappa shape index (κ3) is 4.51. The van der Waals surface area contributed by atoms with Gasteiger partial charge in [0.25, 0.3) is 0 Å². The summed E-state index contributed by atoms with van der Waals surface area (Å²) in [7, 11) is 0. The lowest BCUT2D eigenvalue weighted by Gasteiger charge is -2.11. The highest BCUT2D eigenvalue weighted by atomic mass is 14.1. The molecule has 1 unspecified atom stereocenters. The normalized spacial score (nSPS) is 11.6. The van der Waals surface area contributed by atoms with Crippen molar-refractivity contribution < 1.29 is 0 Å². The minimum absolute atomic E-state index is 0.699. The van der Waals surface area contributed by atoms with Crippen LogP contribution in [0.4, 0.5) is 0 Å². The molecule has 0 aliphatic carbocycles. The average Bonchev–Trinajstić information content (AvgIpc) is 2.29. The third-order valence-corrected chi connectivity index (χ3v) is 2.75. The maximum Gasteiger partial charge on any atom is -0.0193 e. The van der Waals surface area contributed by atoms with Crippen molar-refractivity contribution >= 4 is 0 Å². The lowest BCUT2D eigenvalue weighted by atomic mass is 9.94. The highest BCUT2D eigenvalue weighted by Gasteiger charge is 2.04. The standard InChI is InChI=1S/C13H20.C2H6/c1-5-11(4)13-8-10(3)7-12(6-2)9-13;1-2/h7-9,11H,5-6H2,1-4H3;1-2H3. The summed E-state index contributed by atoms with van der Waals surface area (Å²) in [4.78, 5) is 0. The maximum absolute atomic E-state index is 2.35. The van der Waals surface area contributed by atoms with Crippen LogP contribution in [0.15, 0.2) is 18.2 Å². The molecule has 0 N–H and O–H groups in total. The Hall–Kier alpha value is -0.780. The summed E-state index contributed by atoms with van der Waals surface area (Å²) in [5.74, 6) is 0.699. The Morgan fingerprint density at radius 2 is 1.67 bits per heavy atom. The van der Waals surface area contributed by atoms with E-state index < -0.39 is 0 Å². The zero-order chi connectivity index (χ0) is 11.8. The molecular weight excluding hydrogens is 180 g/mol. The smallest absolute Gasteiger partial charge is 0.0193 e. The second kappa shape index (κ2) is 7.50. The van der Waals surface area contributed by atoms with Crippen LogP contribution in [0.3, 0.4) is 0 Å². The third-order valence-electron chi connectivity index (χ3n) is 2.75. The van der Waals surface area contributed by atoms with Crippen molar-refractivity contribution in [1.29, 1.82) is 0 Å². The van der Waals surface area contributed by atoms with E-state index in [2.05, 4.69) is 45.9 Å². The topological polar surface area (TPSA) is 0 Å². The van der Waals surface area contributed by atoms with E-state index in [1.165, 1.54) is 23.1 Å². The molecule has 0 saturated carbocycles. The number of hydrogen-bond acceptors (Lipinski definition) is 0. The molecule has 0 spiro atoms. The molecule has 0 aliphatic heterocycles. The molecule has 0 aliphatic rings. The maximum atomic E-state index is 2.35. The second-order valence-corrected chi connectivity index (χ2v) is 3.91. The van der Waals surface area contributed by atoms with E-state index in [0.29, 0.717) is 5.92 Å². The van der Waals surface area contributed by atoms with Gasteiger partial charge >= 0.3 is 0 Å². The van der Waals surface area contributed by atoms with Crippen LogP contribution < -0.4 is 0 Å². The highest BCUT2D eigenvalue weighted by molar-refractivity contribution is 5.31. The van der Waals surface area contributed by atoms with Gasteiger partial charge in [-0.05, 0) is 36.8 Å². The molecule has 0 nitrogen and oxygen atoms in total. The van der Waals surface area contributed by atoms with Crippen molar-refractivity contribution in [3.63, 3.8) is 0 Å². The van der Waals surface area contributed by atoms with Crippen LogP contribution in [0.25, 0.3) is 0 Å². The summed E-state index contributed by atoms with van der Waals surface area (Å²) in [6, 6.07) is 6.94. The van der Waals surface area contributed by atoms with Gasteiger partial charge in [0.15, 0.2) is 0 Å². The minimum Gasteiger partial charge on any atom is -0.0683 e. The molecule has 86 valence electrons. The van der Waals surface area contributed by atoms with Gasteiger partial charge in [-0.1, -0.05) is 58.4 Å². The highest BCUT2D eigenvalue weighted by Crippen LogP contribution is 2.21. The van der Waals surface area contributed by atoms with Gasteiger partial charge in [0, 0.05) is 0 Å². The molecule has 0 heteroatoms. The Morgan fingerprint density at radius 3 is 2.13 bits per heavy atom. The van der Waals surface area contributed by atoms with Crippen molar-refractivity contribution in [2.75, 3.05) is 0 Å². The molecule has 0 aromatic heterocycles. The van der Waals surface area contributed by atoms with Crippen LogP contribution in [-0.4, -0.2) is 0 Å². The molecule has 1 aromatic rings. The van der Waals surface area contributed by atoms with E-state index in [9.17, 15) is 0 Å². The number of benzene rings is 1. The number of rotatable bonds is 3. The lowest BCUT2D eigenvalue weighted by molar-refractivity contribution is 0.731. The van der Waals surface area contributed by atoms with Crippen molar-refractivity contribution in [2.24, 2.45) is 0 Å². The molecule has 1 aromatic carbocycles. The summed E-state index contributed by atoms with van der Waals surface area (Å²) in [5, 5.41) is 0. The lowest BCUT2D eigenvalue weighted by Crippen LogP contribution is -1.94. The van der Waals surface area contributed by atoms with E-state index >= 15 is 0 Å². The summed E-state index contributed by atoms with van der Waals surface area (Å²) in [6.07, 6.45) is 2.37. The van der Waals surface area contributed by atoms with Crippen LogP contribution >= 0.6 is 0 Å². The van der Waals surface area contributed by atoms with Crippen LogP contribution in [0.5, 0.6) is 0 Å². The molecule has 0 fully saturated rings. The molecule has 15 heavy (non-hydrogen) atoms. The molecule has 0 bridgehead atoms. The quantitative estimate of drug-likeness (QED) is 0.645. The summed E-state index contributed by atoms with van der Waals surface area (Å²) in [5.41, 5.74) is 4.37. The Kier molecular flexibility index (Phi) is 7.11. The van der Waals surface area contributed by atoms with Crippen LogP contribution in [0.2, 0.25) is 0 Å². The van der Waals surface area contributed by atoms with Crippen LogP contribution in [0, 0.1) is 6.92 Å². The zero-order valence-corrected chi connectivity index (χ0v) is 11.2. The first-order chi connectivity index (χ1) is 7.17. The van der Waals surface area contributed by atoms with E-state index in [-0.39, 0.29) is 0 Å². The minimum atomic E-state index is 0.699. The second-order valence-electron chi connectivity index (χ2n) is 3.91. The van der Waals surface area contributed by atoms with Crippen molar-refractivity contribution in [2.45, 2.75) is 60.3 Å². The molecule has 0 heterocycles. The van der Waals surface area contributed by atoms with E-state index in [4.69, 9.17) is 0 Å². The Balaban J connectivity index is 0.000000921. The largest absolute Gasteiger partial charge is 0.0683 e. The summed E-state index contributed by atoms with van der Waals surface area (Å²) < 4.78 is 0. The van der Waals surface area contributed by atoms with E-state index in [1.807, 2.05) is 13.8 Å². The molecule has 0 radical (unpaired) electrons. The fourth-order valence-corrected chi connectivity index (χ4v) is 1.62. The van der Waals surface area contributed by atoms with Gasteiger partial charge in [0.05, 0.1) is 0 Å². The molecule has 0 saturated heterocycles. The van der Waals surface area contributed by atoms with Gasteiger partial charge in [-0.2, -0.15) is 0 Å². The SMILES string of the molecule is CC.CCc1cc(C)cc(C(C)CC)c1. The van der Waals surface area contributed by atoms with Gasteiger partial charge in [-0.25, -0.2) is 0 Å². The summed E-state index contributed by atoms with van der Waals surface area (Å²) >= 11 is 0. The van der Waals surface area contributed by atoms with Crippen LogP contribution in [-0.2, 0) is 6.42 Å². The Labute approximate surface area is 95.7 Å². The monoisotopic (exact) mass is 206 g/mol. The predicted molar refractivity (Wildman–Crippen MR) is 70.6 cm³/mol. The van der Waals surface area contributed by atoms with Gasteiger partial charge in [0.1, 0.15) is 0 Å². The van der Waals surface area contributed by atoms with Gasteiger partial charge < -0.3 is 0 Å². The molecule has 0 amide bonds. The van der Waals surface area contributed by atoms with Crippen molar-refractivity contribution in [1.82, 2.24) is 0 Å². The molecule has 1 rings (SSSR count). The number of aryl methyl sites for hydroxylation is 2. The molecule has 1 atom stereocenters. The van der Waals surface area contributed by atoms with Crippen LogP contribution in [0.1, 0.15) is 63.6 Å². The van der Waals surface area contributed by atoms with Crippen molar-refractivity contribution in [3.05, 3.63) is 34.9 Å². The average molecular weight is 206 g/mol. The Bertz CT molecular complexity index is 273. The van der Waals surface area contributed by atoms with E-state index in [1.54, 1.807) is 0 Å². The fraction of sp³-hybridized carbons (Fsp3) is 0.600. The first-order valence-electron chi connectivity index (χ1n) is 6.27. The summed E-state index contributed by atoms with van der Waals surface area (Å²) in [6.45, 7) is 13.0. The van der Waals surface area contributed by atoms with Crippen molar-refractivity contribution in [3.8, 4) is 0 Å². The Morgan fingerprint density at radius 1 is 1.07 bits per heavy atom. The number of hydrogen-bond donors (Lipinski definition) is 0. The first-order valence-corrected chi connectivity index (χ1v) is 6.27. The van der Waals surface area contributed by atoms with Gasteiger partial charge in [-0.15, -0.1) is 0 Å². The first kappa shape index (κ1) is 14.2. The van der Waals surface area contributed by atoms with E-state index in [0.717, 1.165) is 6.42 Å². The van der Waals surface area contributed by atoms with Gasteiger partial charge in [-0.3, -0.25) is 0 Å². The zero-order valence-electron chi connectivity index (χ0n) is 11.2. The fourth-order valence-electron chi connectivity index (χ4n) is 1.62.